The lowest BCUT2D eigenvalue weighted by atomic mass is 9.95. The number of esters is 2. The quantitative estimate of drug-likeness (QED) is 0.0113. The molecule has 0 aromatic heterocycles. The van der Waals surface area contributed by atoms with Crippen molar-refractivity contribution in [3.63, 3.8) is 0 Å². The summed E-state index contributed by atoms with van der Waals surface area (Å²) in [5, 5.41) is 17.8. The van der Waals surface area contributed by atoms with E-state index < -0.39 is 95.5 Å². The second kappa shape index (κ2) is 26.2. The number of carbonyl (C=O) groups is 5. The largest absolute Gasteiger partial charge is 0.489 e. The van der Waals surface area contributed by atoms with Crippen LogP contribution in [0.5, 0.6) is 11.5 Å². The number of methoxy groups -OCH3 is 1. The summed E-state index contributed by atoms with van der Waals surface area (Å²) in [5.41, 5.74) is 9.76. The number of amides is 3. The van der Waals surface area contributed by atoms with E-state index >= 15 is 0 Å². The van der Waals surface area contributed by atoms with E-state index in [0.717, 1.165) is 18.2 Å². The fourth-order valence-corrected chi connectivity index (χ4v) is 7.15. The number of aliphatic hydroxyl groups excluding tert-OH is 1. The van der Waals surface area contributed by atoms with Gasteiger partial charge in [0.2, 0.25) is 40.7 Å². The molecule has 6 aromatic carbocycles. The zero-order chi connectivity index (χ0) is 52.4. The standard InChI is InChI=1S/C53H49F5N4O11/c1-69-50(65)40(61-49(64)39(59)26-38(63)27-60-52(67)71-29-32-14-7-3-8-15-32)23-34-18-11-19-35(22-34)36-20-21-42(70-28-31-12-5-2-6-13-31)37(24-36)25-41(62-53(68)72-30-33-16-9-4-10-17-33)51(66)73-48-46(57)44(55)43(54)45(56)47(48)58/h2-22,24,38-41,63H,23,25-30,59H2,1H3,(H,60,67)(H,61,64)(H,62,68)/t38-,39+,40+,41+/m1/s1. The lowest BCUT2D eigenvalue weighted by molar-refractivity contribution is -0.145. The Hall–Kier alpha value is -8.36. The van der Waals surface area contributed by atoms with Crippen LogP contribution in [0.2, 0.25) is 0 Å². The molecule has 0 aliphatic heterocycles. The molecule has 0 fully saturated rings. The third-order valence-electron chi connectivity index (χ3n) is 10.9. The topological polar surface area (TPSA) is 214 Å². The van der Waals surface area contributed by atoms with Crippen LogP contribution in [0, 0.1) is 29.1 Å². The van der Waals surface area contributed by atoms with Gasteiger partial charge >= 0.3 is 24.1 Å². The van der Waals surface area contributed by atoms with Crippen LogP contribution in [0.4, 0.5) is 31.5 Å². The molecule has 0 aliphatic carbocycles. The van der Waals surface area contributed by atoms with Gasteiger partial charge in [-0.25, -0.2) is 32.3 Å². The van der Waals surface area contributed by atoms with Crippen molar-refractivity contribution in [2.75, 3.05) is 13.7 Å². The van der Waals surface area contributed by atoms with Crippen LogP contribution in [0.25, 0.3) is 11.1 Å². The molecule has 6 aromatic rings. The summed E-state index contributed by atoms with van der Waals surface area (Å²) in [6.45, 7) is -0.576. The van der Waals surface area contributed by atoms with E-state index in [1.807, 2.05) is 6.07 Å². The highest BCUT2D eigenvalue weighted by Gasteiger charge is 2.33. The Kier molecular flexibility index (Phi) is 19.4. The summed E-state index contributed by atoms with van der Waals surface area (Å²) >= 11 is 0. The lowest BCUT2D eigenvalue weighted by Gasteiger charge is -2.21. The Morgan fingerprint density at radius 2 is 1.10 bits per heavy atom. The minimum absolute atomic E-state index is 0.00114. The molecule has 4 atom stereocenters. The first kappa shape index (κ1) is 54.0. The number of aliphatic hydroxyl groups is 1. The normalized spacial score (nSPS) is 12.5. The number of halogens is 5. The van der Waals surface area contributed by atoms with Gasteiger partial charge in [0.1, 0.15) is 37.7 Å². The molecule has 3 amide bonds. The van der Waals surface area contributed by atoms with Crippen molar-refractivity contribution < 1.29 is 74.7 Å². The third kappa shape index (κ3) is 15.6. The summed E-state index contributed by atoms with van der Waals surface area (Å²) in [7, 11) is 1.12. The van der Waals surface area contributed by atoms with Gasteiger partial charge in [-0.1, -0.05) is 121 Å². The van der Waals surface area contributed by atoms with Crippen molar-refractivity contribution in [2.24, 2.45) is 5.73 Å². The van der Waals surface area contributed by atoms with Crippen LogP contribution in [-0.2, 0) is 61.3 Å². The smallest absolute Gasteiger partial charge is 0.408 e. The molecule has 0 unspecified atom stereocenters. The van der Waals surface area contributed by atoms with Gasteiger partial charge in [-0.15, -0.1) is 0 Å². The summed E-state index contributed by atoms with van der Waals surface area (Å²) in [6.07, 6.45) is -4.27. The van der Waals surface area contributed by atoms with Crippen molar-refractivity contribution in [1.82, 2.24) is 16.0 Å². The number of carbonyl (C=O) groups excluding carboxylic acids is 5. The van der Waals surface area contributed by atoms with E-state index in [1.54, 1.807) is 121 Å². The van der Waals surface area contributed by atoms with Gasteiger partial charge in [0.15, 0.2) is 0 Å². The number of nitrogens with one attached hydrogen (secondary N) is 3. The lowest BCUT2D eigenvalue weighted by Crippen LogP contribution is -2.51. The molecule has 20 heteroatoms. The average molecular weight is 1010 g/mol. The summed E-state index contributed by atoms with van der Waals surface area (Å²) in [6, 6.07) is 33.1. The fraction of sp³-hybridized carbons (Fsp3) is 0.226. The molecule has 0 radical (unpaired) electrons. The van der Waals surface area contributed by atoms with Gasteiger partial charge in [-0.3, -0.25) is 4.79 Å². The van der Waals surface area contributed by atoms with Crippen molar-refractivity contribution in [1.29, 1.82) is 0 Å². The molecule has 0 spiro atoms. The van der Waals surface area contributed by atoms with Crippen LogP contribution >= 0.6 is 0 Å². The van der Waals surface area contributed by atoms with Crippen LogP contribution in [0.3, 0.4) is 0 Å². The Balaban J connectivity index is 1.22. The first-order valence-electron chi connectivity index (χ1n) is 22.5. The van der Waals surface area contributed by atoms with E-state index in [-0.39, 0.29) is 50.5 Å². The summed E-state index contributed by atoms with van der Waals surface area (Å²) in [5.74, 6) is -17.1. The van der Waals surface area contributed by atoms with Gasteiger partial charge in [-0.2, -0.15) is 8.78 Å². The predicted molar refractivity (Wildman–Crippen MR) is 253 cm³/mol. The van der Waals surface area contributed by atoms with E-state index in [2.05, 4.69) is 16.0 Å². The zero-order valence-corrected chi connectivity index (χ0v) is 39.0. The number of benzene rings is 6. The van der Waals surface area contributed by atoms with E-state index in [4.69, 9.17) is 29.4 Å². The van der Waals surface area contributed by atoms with E-state index in [9.17, 15) is 51.0 Å². The zero-order valence-electron chi connectivity index (χ0n) is 39.0. The maximum absolute atomic E-state index is 14.8. The average Bonchev–Trinajstić information content (AvgIpc) is 3.41. The first-order valence-corrected chi connectivity index (χ1v) is 22.5. The minimum Gasteiger partial charge on any atom is -0.489 e. The van der Waals surface area contributed by atoms with Crippen LogP contribution in [-0.4, -0.2) is 73.0 Å². The molecule has 6 rings (SSSR count). The minimum atomic E-state index is -2.48. The van der Waals surface area contributed by atoms with E-state index in [1.165, 1.54) is 6.07 Å². The molecule has 0 saturated carbocycles. The molecule has 15 nitrogen and oxygen atoms in total. The van der Waals surface area contributed by atoms with E-state index in [0.29, 0.717) is 22.3 Å². The van der Waals surface area contributed by atoms with Crippen molar-refractivity contribution in [3.05, 3.63) is 190 Å². The molecule has 73 heavy (non-hydrogen) atoms. The van der Waals surface area contributed by atoms with Gasteiger partial charge in [0.25, 0.3) is 0 Å². The van der Waals surface area contributed by atoms with Gasteiger partial charge in [0.05, 0.1) is 19.3 Å². The molecule has 0 aliphatic rings. The van der Waals surface area contributed by atoms with Crippen LogP contribution in [0.15, 0.2) is 133 Å². The molecule has 0 saturated heterocycles. The first-order chi connectivity index (χ1) is 35.1. The van der Waals surface area contributed by atoms with Gasteiger partial charge in [0, 0.05) is 19.4 Å². The van der Waals surface area contributed by atoms with Gasteiger partial charge < -0.3 is 50.5 Å². The highest BCUT2D eigenvalue weighted by atomic mass is 19.2. The maximum Gasteiger partial charge on any atom is 0.408 e. The van der Waals surface area contributed by atoms with Crippen molar-refractivity contribution >= 4 is 30.0 Å². The van der Waals surface area contributed by atoms with Crippen LogP contribution in [0.1, 0.15) is 34.2 Å². The molecule has 6 N–H and O–H groups in total. The van der Waals surface area contributed by atoms with Gasteiger partial charge in [-0.05, 0) is 57.5 Å². The molecule has 382 valence electrons. The maximum atomic E-state index is 14.8. The number of nitrogens with two attached hydrogens (primary N) is 1. The molecular formula is C53H49F5N4O11. The Morgan fingerprint density at radius 3 is 1.68 bits per heavy atom. The number of alkyl carbamates (subject to hydrolysis) is 2. The predicted octanol–water partition coefficient (Wildman–Crippen LogP) is 7.28. The Bertz CT molecular complexity index is 2840. The fourth-order valence-electron chi connectivity index (χ4n) is 7.15. The van der Waals surface area contributed by atoms with Crippen LogP contribution < -0.4 is 31.2 Å². The van der Waals surface area contributed by atoms with Crippen molar-refractivity contribution in [2.45, 2.75) is 63.3 Å². The number of ether oxygens (including phenoxy) is 5. The number of hydrogen-bond donors (Lipinski definition) is 5. The second-order valence-corrected chi connectivity index (χ2v) is 16.3. The summed E-state index contributed by atoms with van der Waals surface area (Å²) < 4.78 is 98.3. The highest BCUT2D eigenvalue weighted by Crippen LogP contribution is 2.32. The Labute approximate surface area is 415 Å². The number of hydrogen-bond acceptors (Lipinski definition) is 12. The third-order valence-corrected chi connectivity index (χ3v) is 10.9. The molecular weight excluding hydrogens is 964 g/mol. The summed E-state index contributed by atoms with van der Waals surface area (Å²) in [4.78, 5) is 65.4. The highest BCUT2D eigenvalue weighted by molar-refractivity contribution is 5.88. The Morgan fingerprint density at radius 1 is 0.575 bits per heavy atom. The molecule has 0 heterocycles. The monoisotopic (exact) mass is 1010 g/mol. The number of rotatable bonds is 22. The SMILES string of the molecule is COC(=O)[C@H](Cc1cccc(-c2ccc(OCc3ccccc3)c(C[C@H](NC(=O)OCc3ccccc3)C(=O)Oc3c(F)c(F)c(F)c(F)c3F)c2)c1)NC(=O)[C@@H](N)C[C@@H](O)CNC(=O)OCc1ccccc1. The second-order valence-electron chi connectivity index (χ2n) is 16.3. The molecule has 0 bridgehead atoms. The van der Waals surface area contributed by atoms with Crippen molar-refractivity contribution in [3.8, 4) is 22.6 Å².